The van der Waals surface area contributed by atoms with Crippen molar-refractivity contribution in [2.24, 2.45) is 5.92 Å². The van der Waals surface area contributed by atoms with Crippen LogP contribution in [0.5, 0.6) is 11.5 Å². The molecule has 0 bridgehead atoms. The van der Waals surface area contributed by atoms with Gasteiger partial charge in [0.15, 0.2) is 11.5 Å². The zero-order valence-electron chi connectivity index (χ0n) is 13.1. The molecule has 4 heteroatoms. The molecule has 20 heavy (non-hydrogen) atoms. The van der Waals surface area contributed by atoms with Gasteiger partial charge in [-0.3, -0.25) is 0 Å². The van der Waals surface area contributed by atoms with Gasteiger partial charge in [0.1, 0.15) is 0 Å². The number of hydrogen-bond acceptors (Lipinski definition) is 3. The second-order valence-electron chi connectivity index (χ2n) is 5.32. The highest BCUT2D eigenvalue weighted by Crippen LogP contribution is 2.38. The van der Waals surface area contributed by atoms with Crippen molar-refractivity contribution >= 4 is 11.6 Å². The smallest absolute Gasteiger partial charge is 0.179 e. The molecule has 0 fully saturated rings. The lowest BCUT2D eigenvalue weighted by molar-refractivity contribution is 0.353. The van der Waals surface area contributed by atoms with E-state index in [9.17, 15) is 0 Å². The monoisotopic (exact) mass is 299 g/mol. The first-order valence-electron chi connectivity index (χ1n) is 7.18. The Kier molecular flexibility index (Phi) is 7.17. The molecule has 1 unspecified atom stereocenters. The summed E-state index contributed by atoms with van der Waals surface area (Å²) in [5, 5.41) is 4.11. The lowest BCUT2D eigenvalue weighted by Crippen LogP contribution is -2.21. The predicted molar refractivity (Wildman–Crippen MR) is 85.0 cm³/mol. The minimum atomic E-state index is 0.291. The Labute approximate surface area is 127 Å². The van der Waals surface area contributed by atoms with Gasteiger partial charge in [0.05, 0.1) is 19.2 Å². The van der Waals surface area contributed by atoms with Crippen LogP contribution in [0.25, 0.3) is 0 Å². The molecule has 0 amide bonds. The van der Waals surface area contributed by atoms with E-state index in [1.165, 1.54) is 6.42 Å². The maximum atomic E-state index is 6.29. The summed E-state index contributed by atoms with van der Waals surface area (Å²) in [6, 6.07) is 4.27. The van der Waals surface area contributed by atoms with Gasteiger partial charge in [0.25, 0.3) is 0 Å². The minimum Gasteiger partial charge on any atom is -0.493 e. The second-order valence-corrected chi connectivity index (χ2v) is 5.73. The molecule has 0 radical (unpaired) electrons. The molecular formula is C16H26ClNO2. The highest BCUT2D eigenvalue weighted by molar-refractivity contribution is 6.32. The van der Waals surface area contributed by atoms with Crippen molar-refractivity contribution in [1.29, 1.82) is 0 Å². The molecule has 0 heterocycles. The largest absolute Gasteiger partial charge is 0.493 e. The molecular weight excluding hydrogens is 274 g/mol. The zero-order valence-corrected chi connectivity index (χ0v) is 13.9. The summed E-state index contributed by atoms with van der Waals surface area (Å²) in [6.07, 6.45) is 2.25. The SMILES string of the molecule is CCNC(CCC(C)C)c1cc(Cl)c(OC)c(OC)c1. The van der Waals surface area contributed by atoms with Crippen molar-refractivity contribution in [3.05, 3.63) is 22.7 Å². The quantitative estimate of drug-likeness (QED) is 0.769. The molecule has 0 aliphatic rings. The first-order valence-corrected chi connectivity index (χ1v) is 7.56. The summed E-state index contributed by atoms with van der Waals surface area (Å²) in [7, 11) is 3.23. The van der Waals surface area contributed by atoms with Gasteiger partial charge in [-0.15, -0.1) is 0 Å². The summed E-state index contributed by atoms with van der Waals surface area (Å²) in [5.74, 6) is 1.96. The van der Waals surface area contributed by atoms with E-state index in [0.717, 1.165) is 18.5 Å². The van der Waals surface area contributed by atoms with E-state index in [2.05, 4.69) is 26.1 Å². The Hall–Kier alpha value is -0.930. The molecule has 0 saturated carbocycles. The fraction of sp³-hybridized carbons (Fsp3) is 0.625. The molecule has 0 saturated heterocycles. The van der Waals surface area contributed by atoms with Crippen LogP contribution in [0, 0.1) is 5.92 Å². The topological polar surface area (TPSA) is 30.5 Å². The van der Waals surface area contributed by atoms with Crippen LogP contribution in [0.2, 0.25) is 5.02 Å². The minimum absolute atomic E-state index is 0.291. The Bertz CT molecular complexity index is 421. The van der Waals surface area contributed by atoms with Gasteiger partial charge in [0.2, 0.25) is 0 Å². The lowest BCUT2D eigenvalue weighted by atomic mass is 9.97. The summed E-state index contributed by atoms with van der Waals surface area (Å²) in [5.41, 5.74) is 1.15. The van der Waals surface area contributed by atoms with Gasteiger partial charge in [-0.1, -0.05) is 32.4 Å². The van der Waals surface area contributed by atoms with E-state index in [1.54, 1.807) is 14.2 Å². The fourth-order valence-corrected chi connectivity index (χ4v) is 2.57. The number of nitrogens with one attached hydrogen (secondary N) is 1. The summed E-state index contributed by atoms with van der Waals surface area (Å²) < 4.78 is 10.7. The van der Waals surface area contributed by atoms with Gasteiger partial charge in [-0.2, -0.15) is 0 Å². The van der Waals surface area contributed by atoms with Crippen molar-refractivity contribution in [1.82, 2.24) is 5.32 Å². The third-order valence-corrected chi connectivity index (χ3v) is 3.62. The molecule has 1 atom stereocenters. The molecule has 1 rings (SSSR count). The Morgan fingerprint density at radius 3 is 2.35 bits per heavy atom. The molecule has 1 N–H and O–H groups in total. The van der Waals surface area contributed by atoms with Crippen molar-refractivity contribution in [3.8, 4) is 11.5 Å². The van der Waals surface area contributed by atoms with Crippen molar-refractivity contribution < 1.29 is 9.47 Å². The van der Waals surface area contributed by atoms with Gasteiger partial charge in [-0.25, -0.2) is 0 Å². The summed E-state index contributed by atoms with van der Waals surface area (Å²) in [6.45, 7) is 7.52. The van der Waals surface area contributed by atoms with Gasteiger partial charge in [0, 0.05) is 6.04 Å². The van der Waals surface area contributed by atoms with Crippen LogP contribution >= 0.6 is 11.6 Å². The molecule has 0 aliphatic heterocycles. The van der Waals surface area contributed by atoms with Gasteiger partial charge in [-0.05, 0) is 43.0 Å². The number of rotatable bonds is 8. The highest BCUT2D eigenvalue weighted by atomic mass is 35.5. The first kappa shape index (κ1) is 17.1. The van der Waals surface area contributed by atoms with Crippen LogP contribution in [-0.4, -0.2) is 20.8 Å². The van der Waals surface area contributed by atoms with E-state index in [1.807, 2.05) is 12.1 Å². The summed E-state index contributed by atoms with van der Waals surface area (Å²) in [4.78, 5) is 0. The molecule has 0 spiro atoms. The van der Waals surface area contributed by atoms with E-state index in [-0.39, 0.29) is 0 Å². The van der Waals surface area contributed by atoms with Crippen molar-refractivity contribution in [2.45, 2.75) is 39.7 Å². The average Bonchev–Trinajstić information content (AvgIpc) is 2.42. The fourth-order valence-electron chi connectivity index (χ4n) is 2.27. The molecule has 0 aliphatic carbocycles. The van der Waals surface area contributed by atoms with E-state index >= 15 is 0 Å². The Morgan fingerprint density at radius 1 is 1.15 bits per heavy atom. The second kappa shape index (κ2) is 8.38. The third kappa shape index (κ3) is 4.57. The third-order valence-electron chi connectivity index (χ3n) is 3.34. The van der Waals surface area contributed by atoms with Crippen molar-refractivity contribution in [2.75, 3.05) is 20.8 Å². The van der Waals surface area contributed by atoms with Crippen LogP contribution in [0.15, 0.2) is 12.1 Å². The number of methoxy groups -OCH3 is 2. The van der Waals surface area contributed by atoms with E-state index in [0.29, 0.717) is 28.5 Å². The standard InChI is InChI=1S/C16H26ClNO2/c1-6-18-14(8-7-11(2)3)12-9-13(17)16(20-5)15(10-12)19-4/h9-11,14,18H,6-8H2,1-5H3. The van der Waals surface area contributed by atoms with E-state index in [4.69, 9.17) is 21.1 Å². The zero-order chi connectivity index (χ0) is 15.1. The Morgan fingerprint density at radius 2 is 1.85 bits per heavy atom. The maximum Gasteiger partial charge on any atom is 0.179 e. The Balaban J connectivity index is 3.03. The lowest BCUT2D eigenvalue weighted by Gasteiger charge is -2.21. The van der Waals surface area contributed by atoms with Crippen LogP contribution < -0.4 is 14.8 Å². The average molecular weight is 300 g/mol. The molecule has 1 aromatic carbocycles. The number of hydrogen-bond donors (Lipinski definition) is 1. The first-order chi connectivity index (χ1) is 9.53. The predicted octanol–water partition coefficient (Wildman–Crippen LogP) is 4.44. The molecule has 114 valence electrons. The van der Waals surface area contributed by atoms with Crippen LogP contribution in [0.4, 0.5) is 0 Å². The van der Waals surface area contributed by atoms with Crippen LogP contribution in [-0.2, 0) is 0 Å². The molecule has 3 nitrogen and oxygen atoms in total. The highest BCUT2D eigenvalue weighted by Gasteiger charge is 2.17. The number of halogens is 1. The molecule has 0 aromatic heterocycles. The normalized spacial score (nSPS) is 12.6. The van der Waals surface area contributed by atoms with Gasteiger partial charge < -0.3 is 14.8 Å². The van der Waals surface area contributed by atoms with E-state index < -0.39 is 0 Å². The number of ether oxygens (including phenoxy) is 2. The van der Waals surface area contributed by atoms with Crippen LogP contribution in [0.1, 0.15) is 45.2 Å². The van der Waals surface area contributed by atoms with Crippen molar-refractivity contribution in [3.63, 3.8) is 0 Å². The molecule has 1 aromatic rings. The van der Waals surface area contributed by atoms with Gasteiger partial charge >= 0.3 is 0 Å². The maximum absolute atomic E-state index is 6.29. The van der Waals surface area contributed by atoms with Crippen LogP contribution in [0.3, 0.4) is 0 Å². The summed E-state index contributed by atoms with van der Waals surface area (Å²) >= 11 is 6.29. The number of benzene rings is 1.